The van der Waals surface area contributed by atoms with Crippen LogP contribution in [-0.2, 0) is 29.0 Å². The molecule has 0 fully saturated rings. The highest BCUT2D eigenvalue weighted by atomic mass is 35.6. The van der Waals surface area contributed by atoms with Crippen molar-refractivity contribution in [2.24, 2.45) is 0 Å². The van der Waals surface area contributed by atoms with Gasteiger partial charge in [-0.05, 0) is 26.0 Å². The Morgan fingerprint density at radius 3 is 2.14 bits per heavy atom. The van der Waals surface area contributed by atoms with Gasteiger partial charge in [0.15, 0.2) is 5.82 Å². The molecule has 0 amide bonds. The monoisotopic (exact) mass is 377 g/mol. The molecule has 2 rings (SSSR count). The van der Waals surface area contributed by atoms with Gasteiger partial charge in [0.2, 0.25) is 9.48 Å². The van der Waals surface area contributed by atoms with Crippen molar-refractivity contribution in [3.05, 3.63) is 41.2 Å². The lowest BCUT2D eigenvalue weighted by Gasteiger charge is -2.16. The lowest BCUT2D eigenvalue weighted by molar-refractivity contribution is -0.197. The van der Waals surface area contributed by atoms with Crippen LogP contribution in [0, 0.1) is 13.8 Å². The highest BCUT2D eigenvalue weighted by Gasteiger charge is 2.29. The molecular formula is C13H10Cl3N3S2. The molecule has 0 N–H and O–H groups in total. The molecule has 0 aliphatic heterocycles. The molecule has 0 aliphatic carbocycles. The van der Waals surface area contributed by atoms with E-state index in [4.69, 9.17) is 60.0 Å². The van der Waals surface area contributed by atoms with Gasteiger partial charge in [0, 0.05) is 34.6 Å². The van der Waals surface area contributed by atoms with Crippen molar-refractivity contribution in [1.82, 2.24) is 9.97 Å². The van der Waals surface area contributed by atoms with Crippen LogP contribution < -0.4 is 0 Å². The summed E-state index contributed by atoms with van der Waals surface area (Å²) in [6, 6.07) is 7.02. The molecule has 3 nitrogen and oxygen atoms in total. The van der Waals surface area contributed by atoms with Crippen molar-refractivity contribution in [1.29, 1.82) is 0 Å². The van der Waals surface area contributed by atoms with Crippen LogP contribution in [0.5, 0.6) is 0 Å². The molecule has 0 atom stereocenters. The normalized spacial score (nSPS) is 11.5. The summed E-state index contributed by atoms with van der Waals surface area (Å²) < 4.78 is -0.515. The minimum atomic E-state index is -1.63. The summed E-state index contributed by atoms with van der Waals surface area (Å²) in [6.45, 7) is 3.77. The second-order valence-electron chi connectivity index (χ2n) is 4.46. The van der Waals surface area contributed by atoms with Crippen molar-refractivity contribution in [3.63, 3.8) is 0 Å². The van der Waals surface area contributed by atoms with Gasteiger partial charge in [0.1, 0.15) is 0 Å². The molecule has 1 aromatic heterocycles. The summed E-state index contributed by atoms with van der Waals surface area (Å²) in [7, 11) is 0. The molecule has 0 saturated carbocycles. The zero-order valence-electron chi connectivity index (χ0n) is 11.1. The maximum Gasteiger partial charge on any atom is 0.216 e. The summed E-state index contributed by atoms with van der Waals surface area (Å²) in [4.78, 5) is 8.80. The number of nitrogens with zero attached hydrogens (tertiary/aromatic N) is 3. The van der Waals surface area contributed by atoms with Gasteiger partial charge in [-0.25, -0.2) is 13.3 Å². The zero-order chi connectivity index (χ0) is 15.8. The van der Waals surface area contributed by atoms with E-state index in [1.165, 1.54) is 0 Å². The molecule has 0 radical (unpaired) electrons. The molecular weight excluding hydrogens is 369 g/mol. The molecule has 21 heavy (non-hydrogen) atoms. The minimum absolute atomic E-state index is 0.440. The molecule has 1 heterocycles. The van der Waals surface area contributed by atoms with E-state index in [9.17, 15) is 0 Å². The van der Waals surface area contributed by atoms with Crippen molar-refractivity contribution < 1.29 is 3.35 Å². The lowest BCUT2D eigenvalue weighted by atomic mass is 10.1. The van der Waals surface area contributed by atoms with Gasteiger partial charge in [0.05, 0.1) is 0 Å². The Kier molecular flexibility index (Phi) is 5.00. The molecule has 8 heteroatoms. The average Bonchev–Trinajstić information content (AvgIpc) is 2.35. The number of rotatable bonds is 2. The van der Waals surface area contributed by atoms with Crippen molar-refractivity contribution in [2.75, 3.05) is 0 Å². The molecule has 0 bridgehead atoms. The second kappa shape index (κ2) is 6.26. The van der Waals surface area contributed by atoms with Crippen LogP contribution in [0.25, 0.3) is 11.4 Å². The largest absolute Gasteiger partial charge is 0.233 e. The van der Waals surface area contributed by atoms with Crippen LogP contribution >= 0.6 is 34.8 Å². The van der Waals surface area contributed by atoms with E-state index in [0.29, 0.717) is 22.6 Å². The first-order valence-electron chi connectivity index (χ1n) is 5.87. The predicted octanol–water partition coefficient (Wildman–Crippen LogP) is 4.42. The highest BCUT2D eigenvalue weighted by molar-refractivity contribution is 7.58. The molecule has 2 aromatic rings. The Bertz CT molecular complexity index is 694. The number of hydrogen-bond acceptors (Lipinski definition) is 4. The van der Waals surface area contributed by atoms with Gasteiger partial charge >= 0.3 is 0 Å². The smallest absolute Gasteiger partial charge is 0.216 e. The van der Waals surface area contributed by atoms with Gasteiger partial charge < -0.3 is 0 Å². The van der Waals surface area contributed by atoms with Crippen molar-refractivity contribution in [3.8, 4) is 11.4 Å². The van der Waals surface area contributed by atoms with Gasteiger partial charge in [-0.2, -0.15) is 0 Å². The first kappa shape index (κ1) is 16.8. The van der Waals surface area contributed by atoms with Crippen LogP contribution in [0.15, 0.2) is 24.3 Å². The van der Waals surface area contributed by atoms with E-state index < -0.39 is 3.79 Å². The van der Waals surface area contributed by atoms with Crippen molar-refractivity contribution in [2.45, 2.75) is 17.6 Å². The first-order valence-corrected chi connectivity index (χ1v) is 7.73. The fraction of sp³-hybridized carbons (Fsp3) is 0.231. The van der Waals surface area contributed by atoms with Crippen LogP contribution in [-0.4, -0.2) is 13.3 Å². The number of aryl methyl sites for hydroxylation is 2. The van der Waals surface area contributed by atoms with E-state index in [2.05, 4.69) is 9.97 Å². The Morgan fingerprint density at radius 2 is 1.67 bits per heavy atom. The third kappa shape index (κ3) is 3.99. The Labute approximate surface area is 149 Å². The third-order valence-electron chi connectivity index (χ3n) is 2.74. The number of alkyl halides is 3. The zero-order valence-corrected chi connectivity index (χ0v) is 15.0. The van der Waals surface area contributed by atoms with Gasteiger partial charge in [0.25, 0.3) is 0 Å². The van der Waals surface area contributed by atoms with Gasteiger partial charge in [-0.1, -0.05) is 60.0 Å². The number of aromatic nitrogens is 2. The topological polar surface area (TPSA) is 28.8 Å². The maximum absolute atomic E-state index is 6.06. The summed E-state index contributed by atoms with van der Waals surface area (Å²) in [5.74, 6) is 0.501. The Balaban J connectivity index is 2.70. The van der Waals surface area contributed by atoms with Crippen LogP contribution in [0.2, 0.25) is 0 Å². The summed E-state index contributed by atoms with van der Waals surface area (Å²) in [5, 5.41) is 0. The first-order chi connectivity index (χ1) is 9.68. The molecule has 0 aliphatic rings. The summed E-state index contributed by atoms with van der Waals surface area (Å²) in [6.07, 6.45) is 0. The maximum atomic E-state index is 6.06. The van der Waals surface area contributed by atoms with E-state index in [0.717, 1.165) is 14.7 Å². The third-order valence-corrected chi connectivity index (χ3v) is 3.77. The summed E-state index contributed by atoms with van der Waals surface area (Å²) in [5.41, 5.74) is 3.33. The van der Waals surface area contributed by atoms with Crippen LogP contribution in [0.4, 0.5) is 5.69 Å². The highest BCUT2D eigenvalue weighted by Crippen LogP contribution is 2.43. The number of benzene rings is 1. The Hall–Kier alpha value is -0.590. The molecule has 0 saturated heterocycles. The van der Waals surface area contributed by atoms with Crippen LogP contribution in [0.3, 0.4) is 0 Å². The summed E-state index contributed by atoms with van der Waals surface area (Å²) >= 11 is 28.0. The quantitative estimate of drug-likeness (QED) is 0.439. The Morgan fingerprint density at radius 1 is 1.10 bits per heavy atom. The predicted molar refractivity (Wildman–Crippen MR) is 90.8 cm³/mol. The van der Waals surface area contributed by atoms with Gasteiger partial charge in [-0.3, -0.25) is 0 Å². The molecule has 1 aromatic carbocycles. The number of halogens is 3. The molecule has 110 valence electrons. The second-order valence-corrected chi connectivity index (χ2v) is 7.70. The number of hydrogen-bond donors (Lipinski definition) is 0. The van der Waals surface area contributed by atoms with Crippen LogP contribution in [0.1, 0.15) is 17.0 Å². The fourth-order valence-corrected chi connectivity index (χ4v) is 2.62. The SMILES string of the molecule is Cc1cc(C)nc(-c2ccc([N+](=S)[S-])cc2C(Cl)(Cl)Cl)n1. The van der Waals surface area contributed by atoms with E-state index in [1.54, 1.807) is 18.2 Å². The molecule has 0 unspecified atom stereocenters. The van der Waals surface area contributed by atoms with E-state index in [-0.39, 0.29) is 0 Å². The minimum Gasteiger partial charge on any atom is -0.233 e. The van der Waals surface area contributed by atoms with E-state index >= 15 is 0 Å². The fourth-order valence-electron chi connectivity index (χ4n) is 1.92. The lowest BCUT2D eigenvalue weighted by Crippen LogP contribution is -2.06. The van der Waals surface area contributed by atoms with Crippen molar-refractivity contribution >= 4 is 65.7 Å². The molecule has 0 spiro atoms. The van der Waals surface area contributed by atoms with Gasteiger partial charge in [-0.15, -0.1) is 0 Å². The van der Waals surface area contributed by atoms with E-state index in [1.807, 2.05) is 19.9 Å². The standard InChI is InChI=1S/C13H10Cl3N3S2/c1-7-5-8(2)18-12(17-7)10-4-3-9(19(20)21)6-11(10)13(14,15)16/h3-6H,1-2H3. The average molecular weight is 379 g/mol.